The van der Waals surface area contributed by atoms with Crippen molar-refractivity contribution in [3.8, 4) is 5.88 Å². The highest BCUT2D eigenvalue weighted by Gasteiger charge is 2.10. The van der Waals surface area contributed by atoms with Crippen LogP contribution in [0, 0.1) is 6.92 Å². The third-order valence-corrected chi connectivity index (χ3v) is 2.31. The predicted octanol–water partition coefficient (Wildman–Crippen LogP) is 2.40. The molecule has 1 unspecified atom stereocenters. The van der Waals surface area contributed by atoms with E-state index in [-0.39, 0.29) is 0 Å². The zero-order valence-electron chi connectivity index (χ0n) is 9.23. The molecule has 0 aliphatic heterocycles. The summed E-state index contributed by atoms with van der Waals surface area (Å²) in [7, 11) is 1.58. The first-order valence-electron chi connectivity index (χ1n) is 4.99. The second-order valence-corrected chi connectivity index (χ2v) is 3.41. The Bertz CT molecular complexity index is 336. The van der Waals surface area contributed by atoms with Gasteiger partial charge in [-0.15, -0.1) is 6.58 Å². The van der Waals surface area contributed by atoms with E-state index in [9.17, 15) is 5.11 Å². The van der Waals surface area contributed by atoms with Crippen molar-refractivity contribution in [2.45, 2.75) is 25.9 Å². The third-order valence-electron chi connectivity index (χ3n) is 2.31. The Morgan fingerprint density at radius 2 is 2.33 bits per heavy atom. The minimum absolute atomic E-state index is 0.471. The van der Waals surface area contributed by atoms with Crippen molar-refractivity contribution in [3.05, 3.63) is 36.0 Å². The molecular formula is C12H17NO2. The minimum atomic E-state index is -0.471. The molecule has 82 valence electrons. The Kier molecular flexibility index (Phi) is 4.31. The molecule has 0 aliphatic rings. The van der Waals surface area contributed by atoms with E-state index in [2.05, 4.69) is 11.6 Å². The normalized spacial score (nSPS) is 12.2. The van der Waals surface area contributed by atoms with Crippen molar-refractivity contribution in [2.24, 2.45) is 0 Å². The number of ether oxygens (including phenoxy) is 1. The lowest BCUT2D eigenvalue weighted by Crippen LogP contribution is -2.02. The van der Waals surface area contributed by atoms with E-state index in [1.807, 2.05) is 13.0 Å². The van der Waals surface area contributed by atoms with Crippen LogP contribution in [0.3, 0.4) is 0 Å². The Balaban J connectivity index is 2.80. The molecule has 0 bridgehead atoms. The lowest BCUT2D eigenvalue weighted by atomic mass is 10.0. The van der Waals surface area contributed by atoms with Crippen molar-refractivity contribution in [2.75, 3.05) is 7.11 Å². The van der Waals surface area contributed by atoms with E-state index >= 15 is 0 Å². The van der Waals surface area contributed by atoms with E-state index in [1.54, 1.807) is 19.3 Å². The maximum Gasteiger partial charge on any atom is 0.213 e. The van der Waals surface area contributed by atoms with Gasteiger partial charge in [-0.3, -0.25) is 0 Å². The van der Waals surface area contributed by atoms with Crippen LogP contribution < -0.4 is 4.74 Å². The van der Waals surface area contributed by atoms with Gasteiger partial charge in [0, 0.05) is 17.3 Å². The quantitative estimate of drug-likeness (QED) is 0.754. The molecular weight excluding hydrogens is 190 g/mol. The van der Waals surface area contributed by atoms with Gasteiger partial charge in [0.05, 0.1) is 13.2 Å². The number of nitrogens with zero attached hydrogens (tertiary/aromatic N) is 1. The number of aryl methyl sites for hydroxylation is 1. The van der Waals surface area contributed by atoms with Gasteiger partial charge in [0.25, 0.3) is 0 Å². The summed E-state index contributed by atoms with van der Waals surface area (Å²) < 4.78 is 5.00. The first-order chi connectivity index (χ1) is 7.19. The number of pyridine rings is 1. The van der Waals surface area contributed by atoms with Gasteiger partial charge in [-0.1, -0.05) is 6.08 Å². The number of rotatable bonds is 5. The summed E-state index contributed by atoms with van der Waals surface area (Å²) in [6.45, 7) is 5.50. The number of hydrogen-bond acceptors (Lipinski definition) is 3. The second kappa shape index (κ2) is 5.51. The number of hydrogen-bond donors (Lipinski definition) is 1. The highest BCUT2D eigenvalue weighted by Crippen LogP contribution is 2.22. The van der Waals surface area contributed by atoms with Gasteiger partial charge in [0.2, 0.25) is 5.88 Å². The molecule has 1 N–H and O–H groups in total. The molecule has 1 aromatic heterocycles. The molecule has 0 aliphatic carbocycles. The molecule has 0 radical (unpaired) electrons. The van der Waals surface area contributed by atoms with Crippen LogP contribution in [-0.2, 0) is 0 Å². The van der Waals surface area contributed by atoms with Crippen LogP contribution in [0.5, 0.6) is 5.88 Å². The molecule has 0 fully saturated rings. The van der Waals surface area contributed by atoms with Gasteiger partial charge in [-0.2, -0.15) is 0 Å². The van der Waals surface area contributed by atoms with Crippen LogP contribution in [-0.4, -0.2) is 17.2 Å². The van der Waals surface area contributed by atoms with Crippen LogP contribution in [0.15, 0.2) is 24.8 Å². The monoisotopic (exact) mass is 207 g/mol. The summed E-state index contributed by atoms with van der Waals surface area (Å²) in [6.07, 6.45) is 2.81. The third kappa shape index (κ3) is 3.06. The standard InChI is InChI=1S/C12H17NO2/c1-4-5-6-11(14)10-7-8-12(15-3)13-9(10)2/h4,7-8,11,14H,1,5-6H2,2-3H3. The predicted molar refractivity (Wildman–Crippen MR) is 59.9 cm³/mol. The zero-order valence-corrected chi connectivity index (χ0v) is 9.23. The molecule has 0 spiro atoms. The Hall–Kier alpha value is -1.35. The van der Waals surface area contributed by atoms with Crippen LogP contribution in [0.25, 0.3) is 0 Å². The fraction of sp³-hybridized carbons (Fsp3) is 0.417. The molecule has 0 aromatic carbocycles. The van der Waals surface area contributed by atoms with Gasteiger partial charge < -0.3 is 9.84 Å². The van der Waals surface area contributed by atoms with E-state index in [1.165, 1.54) is 0 Å². The highest BCUT2D eigenvalue weighted by atomic mass is 16.5. The highest BCUT2D eigenvalue weighted by molar-refractivity contribution is 5.26. The lowest BCUT2D eigenvalue weighted by Gasteiger charge is -2.12. The maximum absolute atomic E-state index is 9.87. The molecule has 0 saturated carbocycles. The summed E-state index contributed by atoms with van der Waals surface area (Å²) in [5.41, 5.74) is 1.67. The maximum atomic E-state index is 9.87. The number of methoxy groups -OCH3 is 1. The van der Waals surface area contributed by atoms with Crippen molar-refractivity contribution in [1.29, 1.82) is 0 Å². The molecule has 0 amide bonds. The van der Waals surface area contributed by atoms with Crippen LogP contribution in [0.1, 0.15) is 30.2 Å². The number of aliphatic hydroxyl groups excluding tert-OH is 1. The van der Waals surface area contributed by atoms with Gasteiger partial charge in [-0.25, -0.2) is 4.98 Å². The van der Waals surface area contributed by atoms with Crippen molar-refractivity contribution in [1.82, 2.24) is 4.98 Å². The van der Waals surface area contributed by atoms with Crippen molar-refractivity contribution >= 4 is 0 Å². The Labute approximate surface area is 90.4 Å². The van der Waals surface area contributed by atoms with Gasteiger partial charge in [0.15, 0.2) is 0 Å². The zero-order chi connectivity index (χ0) is 11.3. The SMILES string of the molecule is C=CCCC(O)c1ccc(OC)nc1C. The minimum Gasteiger partial charge on any atom is -0.481 e. The molecule has 0 saturated heterocycles. The van der Waals surface area contributed by atoms with Gasteiger partial charge >= 0.3 is 0 Å². The summed E-state index contributed by atoms with van der Waals surface area (Å²) in [5, 5.41) is 9.87. The molecule has 1 aromatic rings. The van der Waals surface area contributed by atoms with Gasteiger partial charge in [-0.05, 0) is 25.8 Å². The largest absolute Gasteiger partial charge is 0.481 e. The fourth-order valence-electron chi connectivity index (χ4n) is 1.45. The molecule has 3 heteroatoms. The number of aromatic nitrogens is 1. The van der Waals surface area contributed by atoms with Crippen LogP contribution in [0.4, 0.5) is 0 Å². The first-order valence-corrected chi connectivity index (χ1v) is 4.99. The number of aliphatic hydroxyl groups is 1. The summed E-state index contributed by atoms with van der Waals surface area (Å²) in [5.74, 6) is 0.576. The Morgan fingerprint density at radius 1 is 1.60 bits per heavy atom. The average molecular weight is 207 g/mol. The van der Waals surface area contributed by atoms with E-state index in [0.717, 1.165) is 17.7 Å². The topological polar surface area (TPSA) is 42.4 Å². The van der Waals surface area contributed by atoms with E-state index in [4.69, 9.17) is 4.74 Å². The second-order valence-electron chi connectivity index (χ2n) is 3.41. The number of allylic oxidation sites excluding steroid dienone is 1. The summed E-state index contributed by atoms with van der Waals surface area (Å²) in [4.78, 5) is 4.21. The fourth-order valence-corrected chi connectivity index (χ4v) is 1.45. The molecule has 1 heterocycles. The average Bonchev–Trinajstić information content (AvgIpc) is 2.25. The summed E-state index contributed by atoms with van der Waals surface area (Å²) in [6, 6.07) is 3.62. The summed E-state index contributed by atoms with van der Waals surface area (Å²) >= 11 is 0. The molecule has 1 atom stereocenters. The van der Waals surface area contributed by atoms with Gasteiger partial charge in [0.1, 0.15) is 0 Å². The first kappa shape index (κ1) is 11.7. The van der Waals surface area contributed by atoms with Crippen LogP contribution in [0.2, 0.25) is 0 Å². The van der Waals surface area contributed by atoms with Crippen LogP contribution >= 0.6 is 0 Å². The van der Waals surface area contributed by atoms with Crippen molar-refractivity contribution in [3.63, 3.8) is 0 Å². The lowest BCUT2D eigenvalue weighted by molar-refractivity contribution is 0.167. The van der Waals surface area contributed by atoms with Crippen molar-refractivity contribution < 1.29 is 9.84 Å². The molecule has 1 rings (SSSR count). The Morgan fingerprint density at radius 3 is 2.87 bits per heavy atom. The molecule has 15 heavy (non-hydrogen) atoms. The smallest absolute Gasteiger partial charge is 0.213 e. The molecule has 3 nitrogen and oxygen atoms in total. The van der Waals surface area contributed by atoms with E-state index in [0.29, 0.717) is 12.3 Å². The van der Waals surface area contributed by atoms with E-state index < -0.39 is 6.10 Å².